The Kier molecular flexibility index (Phi) is 4.48. The molecule has 0 aliphatic carbocycles. The van der Waals surface area contributed by atoms with Gasteiger partial charge in [0.25, 0.3) is 0 Å². The third-order valence-electron chi connectivity index (χ3n) is 1.87. The molecule has 1 saturated heterocycles. The fraction of sp³-hybridized carbons (Fsp3) is 0.600. The number of rotatable bonds is 3. The number of allylic oxidation sites excluding steroid dienone is 2. The molecule has 0 bridgehead atoms. The second kappa shape index (κ2) is 5.44. The van der Waals surface area contributed by atoms with Gasteiger partial charge in [-0.1, -0.05) is 24.3 Å². The van der Waals surface area contributed by atoms with Gasteiger partial charge in [0.1, 0.15) is 0 Å². The van der Waals surface area contributed by atoms with Crippen molar-refractivity contribution < 1.29 is 0 Å². The van der Waals surface area contributed by atoms with Crippen molar-refractivity contribution in [3.05, 3.63) is 24.3 Å². The second-order valence-corrected chi connectivity index (χ2v) is 4.39. The van der Waals surface area contributed by atoms with Gasteiger partial charge in [0, 0.05) is 31.1 Å². The summed E-state index contributed by atoms with van der Waals surface area (Å²) in [6.07, 6.45) is 4.31. The SMILES string of the molecule is C=C(C)/C=C/CN1CCSCC1. The Bertz CT molecular complexity index is 169. The maximum absolute atomic E-state index is 3.83. The summed E-state index contributed by atoms with van der Waals surface area (Å²) in [5.74, 6) is 2.59. The van der Waals surface area contributed by atoms with Crippen molar-refractivity contribution >= 4 is 11.8 Å². The van der Waals surface area contributed by atoms with E-state index >= 15 is 0 Å². The summed E-state index contributed by atoms with van der Waals surface area (Å²) in [5, 5.41) is 0. The Morgan fingerprint density at radius 3 is 2.75 bits per heavy atom. The molecule has 0 spiro atoms. The van der Waals surface area contributed by atoms with E-state index in [1.54, 1.807) is 0 Å². The quantitative estimate of drug-likeness (QED) is 0.617. The van der Waals surface area contributed by atoms with Gasteiger partial charge in [0.2, 0.25) is 0 Å². The highest BCUT2D eigenvalue weighted by molar-refractivity contribution is 7.99. The van der Waals surface area contributed by atoms with Crippen LogP contribution >= 0.6 is 11.8 Å². The van der Waals surface area contributed by atoms with Gasteiger partial charge in [-0.05, 0) is 6.92 Å². The van der Waals surface area contributed by atoms with Crippen LogP contribution in [0.15, 0.2) is 24.3 Å². The molecule has 1 heterocycles. The summed E-state index contributed by atoms with van der Waals surface area (Å²) in [6.45, 7) is 9.43. The molecule has 1 fully saturated rings. The average molecular weight is 183 g/mol. The molecule has 0 N–H and O–H groups in total. The van der Waals surface area contributed by atoms with Crippen LogP contribution in [0.25, 0.3) is 0 Å². The summed E-state index contributed by atoms with van der Waals surface area (Å²) in [5.41, 5.74) is 1.14. The van der Waals surface area contributed by atoms with E-state index in [0.717, 1.165) is 12.1 Å². The summed E-state index contributed by atoms with van der Waals surface area (Å²) in [4.78, 5) is 2.48. The molecule has 68 valence electrons. The van der Waals surface area contributed by atoms with Gasteiger partial charge in [-0.3, -0.25) is 4.90 Å². The van der Waals surface area contributed by atoms with Crippen LogP contribution in [0.4, 0.5) is 0 Å². The molecule has 0 aromatic heterocycles. The van der Waals surface area contributed by atoms with E-state index in [1.807, 2.05) is 6.92 Å². The van der Waals surface area contributed by atoms with E-state index in [-0.39, 0.29) is 0 Å². The molecule has 0 aromatic carbocycles. The van der Waals surface area contributed by atoms with E-state index in [1.165, 1.54) is 24.6 Å². The predicted octanol–water partition coefficient (Wildman–Crippen LogP) is 2.17. The molecule has 0 radical (unpaired) electrons. The Balaban J connectivity index is 2.17. The second-order valence-electron chi connectivity index (χ2n) is 3.16. The maximum Gasteiger partial charge on any atom is 0.0167 e. The fourth-order valence-corrected chi connectivity index (χ4v) is 2.17. The Morgan fingerprint density at radius 2 is 2.17 bits per heavy atom. The van der Waals surface area contributed by atoms with Crippen molar-refractivity contribution in [1.29, 1.82) is 0 Å². The normalized spacial score (nSPS) is 20.1. The van der Waals surface area contributed by atoms with Crippen LogP contribution in [-0.4, -0.2) is 36.0 Å². The smallest absolute Gasteiger partial charge is 0.0167 e. The van der Waals surface area contributed by atoms with Gasteiger partial charge < -0.3 is 0 Å². The molecule has 0 unspecified atom stereocenters. The molecule has 1 aliphatic heterocycles. The minimum absolute atomic E-state index is 1.09. The lowest BCUT2D eigenvalue weighted by Crippen LogP contribution is -2.32. The van der Waals surface area contributed by atoms with Gasteiger partial charge in [0.05, 0.1) is 0 Å². The minimum atomic E-state index is 1.09. The average Bonchev–Trinajstić information content (AvgIpc) is 2.05. The molecule has 0 saturated carbocycles. The van der Waals surface area contributed by atoms with Crippen molar-refractivity contribution in [3.63, 3.8) is 0 Å². The van der Waals surface area contributed by atoms with Crippen LogP contribution in [0.2, 0.25) is 0 Å². The van der Waals surface area contributed by atoms with Gasteiger partial charge >= 0.3 is 0 Å². The molecule has 2 heteroatoms. The fourth-order valence-electron chi connectivity index (χ4n) is 1.19. The van der Waals surface area contributed by atoms with Crippen molar-refractivity contribution in [3.8, 4) is 0 Å². The molecular weight excluding hydrogens is 166 g/mol. The number of thioether (sulfide) groups is 1. The van der Waals surface area contributed by atoms with Crippen LogP contribution in [0.3, 0.4) is 0 Å². The third kappa shape index (κ3) is 3.98. The first-order chi connectivity index (χ1) is 5.79. The summed E-state index contributed by atoms with van der Waals surface area (Å²) in [6, 6.07) is 0. The Morgan fingerprint density at radius 1 is 1.50 bits per heavy atom. The molecular formula is C10H17NS. The van der Waals surface area contributed by atoms with Crippen LogP contribution in [0, 0.1) is 0 Å². The maximum atomic E-state index is 3.83. The van der Waals surface area contributed by atoms with Crippen molar-refractivity contribution in [2.75, 3.05) is 31.1 Å². The lowest BCUT2D eigenvalue weighted by molar-refractivity contribution is 0.336. The monoisotopic (exact) mass is 183 g/mol. The predicted molar refractivity (Wildman–Crippen MR) is 57.7 cm³/mol. The topological polar surface area (TPSA) is 3.24 Å². The molecule has 1 aliphatic rings. The zero-order valence-corrected chi connectivity index (χ0v) is 8.57. The number of nitrogens with zero attached hydrogens (tertiary/aromatic N) is 1. The highest BCUT2D eigenvalue weighted by atomic mass is 32.2. The largest absolute Gasteiger partial charge is 0.298 e. The number of hydrogen-bond acceptors (Lipinski definition) is 2. The molecule has 1 nitrogen and oxygen atoms in total. The molecule has 0 aromatic rings. The summed E-state index contributed by atoms with van der Waals surface area (Å²) in [7, 11) is 0. The van der Waals surface area contributed by atoms with Gasteiger partial charge in [0.15, 0.2) is 0 Å². The van der Waals surface area contributed by atoms with Gasteiger partial charge in [-0.25, -0.2) is 0 Å². The van der Waals surface area contributed by atoms with Gasteiger partial charge in [-0.2, -0.15) is 11.8 Å². The van der Waals surface area contributed by atoms with Crippen molar-refractivity contribution in [1.82, 2.24) is 4.90 Å². The van der Waals surface area contributed by atoms with E-state index in [2.05, 4.69) is 35.4 Å². The zero-order valence-electron chi connectivity index (χ0n) is 7.75. The summed E-state index contributed by atoms with van der Waals surface area (Å²) >= 11 is 2.06. The minimum Gasteiger partial charge on any atom is -0.298 e. The molecule has 0 amide bonds. The first-order valence-corrected chi connectivity index (χ1v) is 5.56. The molecule has 0 atom stereocenters. The van der Waals surface area contributed by atoms with Crippen LogP contribution in [0.1, 0.15) is 6.92 Å². The van der Waals surface area contributed by atoms with E-state index in [4.69, 9.17) is 0 Å². The lowest BCUT2D eigenvalue weighted by Gasteiger charge is -2.24. The Hall–Kier alpha value is -0.210. The first-order valence-electron chi connectivity index (χ1n) is 4.41. The van der Waals surface area contributed by atoms with Gasteiger partial charge in [-0.15, -0.1) is 0 Å². The zero-order chi connectivity index (χ0) is 8.81. The van der Waals surface area contributed by atoms with Crippen LogP contribution in [-0.2, 0) is 0 Å². The summed E-state index contributed by atoms with van der Waals surface area (Å²) < 4.78 is 0. The lowest BCUT2D eigenvalue weighted by atomic mass is 10.3. The standard InChI is InChI=1S/C10H17NS/c1-10(2)4-3-5-11-6-8-12-9-7-11/h3-4H,1,5-9H2,2H3/b4-3+. The van der Waals surface area contributed by atoms with Crippen molar-refractivity contribution in [2.45, 2.75) is 6.92 Å². The number of hydrogen-bond donors (Lipinski definition) is 0. The third-order valence-corrected chi connectivity index (χ3v) is 2.81. The van der Waals surface area contributed by atoms with Crippen LogP contribution in [0.5, 0.6) is 0 Å². The molecule has 12 heavy (non-hydrogen) atoms. The van der Waals surface area contributed by atoms with E-state index in [0.29, 0.717) is 0 Å². The van der Waals surface area contributed by atoms with Crippen LogP contribution < -0.4 is 0 Å². The van der Waals surface area contributed by atoms with E-state index in [9.17, 15) is 0 Å². The molecule has 1 rings (SSSR count). The Labute approximate surface area is 79.5 Å². The highest BCUT2D eigenvalue weighted by Crippen LogP contribution is 2.08. The highest BCUT2D eigenvalue weighted by Gasteiger charge is 2.07. The first kappa shape index (κ1) is 9.87. The van der Waals surface area contributed by atoms with Crippen molar-refractivity contribution in [2.24, 2.45) is 0 Å². The van der Waals surface area contributed by atoms with E-state index < -0.39 is 0 Å².